The third-order valence-electron chi connectivity index (χ3n) is 2.95. The molecule has 0 unspecified atom stereocenters. The van der Waals surface area contributed by atoms with Crippen LogP contribution in [0.4, 0.5) is 4.39 Å². The van der Waals surface area contributed by atoms with Crippen molar-refractivity contribution in [3.8, 4) is 5.69 Å². The lowest BCUT2D eigenvalue weighted by atomic mass is 10.2. The smallest absolute Gasteiger partial charge is 0.265 e. The van der Waals surface area contributed by atoms with E-state index in [0.29, 0.717) is 12.1 Å². The van der Waals surface area contributed by atoms with E-state index >= 15 is 0 Å². The number of nitrogens with zero attached hydrogens (tertiary/aromatic N) is 3. The summed E-state index contributed by atoms with van der Waals surface area (Å²) < 4.78 is 16.2. The molecule has 0 N–H and O–H groups in total. The van der Waals surface area contributed by atoms with Gasteiger partial charge in [-0.2, -0.15) is 5.10 Å². The van der Waals surface area contributed by atoms with Crippen molar-refractivity contribution in [2.75, 3.05) is 6.54 Å². The molecule has 1 amide bonds. The number of aromatic nitrogens is 2. The van der Waals surface area contributed by atoms with Gasteiger partial charge in [0.2, 0.25) is 0 Å². The van der Waals surface area contributed by atoms with Gasteiger partial charge in [-0.25, -0.2) is 9.07 Å². The van der Waals surface area contributed by atoms with Crippen LogP contribution in [0, 0.1) is 12.7 Å². The van der Waals surface area contributed by atoms with E-state index < -0.39 is 0 Å². The predicted octanol–water partition coefficient (Wildman–Crippen LogP) is 3.52. The molecule has 1 aromatic carbocycles. The van der Waals surface area contributed by atoms with Crippen LogP contribution in [0.15, 0.2) is 30.5 Å². The lowest BCUT2D eigenvalue weighted by Crippen LogP contribution is -2.22. The van der Waals surface area contributed by atoms with Crippen molar-refractivity contribution in [3.63, 3.8) is 0 Å². The quantitative estimate of drug-likeness (QED) is 0.595. The number of halogens is 2. The summed E-state index contributed by atoms with van der Waals surface area (Å²) in [5.41, 5.74) is 2.05. The fourth-order valence-electron chi connectivity index (χ4n) is 1.89. The molecule has 6 heteroatoms. The van der Waals surface area contributed by atoms with E-state index in [4.69, 9.17) is 0 Å². The highest BCUT2D eigenvalue weighted by molar-refractivity contribution is 14.1. The van der Waals surface area contributed by atoms with E-state index in [1.165, 1.54) is 12.1 Å². The van der Waals surface area contributed by atoms with Gasteiger partial charge >= 0.3 is 0 Å². The van der Waals surface area contributed by atoms with Gasteiger partial charge in [0.05, 0.1) is 46.0 Å². The molecule has 1 heterocycles. The summed E-state index contributed by atoms with van der Waals surface area (Å²) in [6, 6.07) is 6.02. The minimum Gasteiger partial charge on any atom is -0.281 e. The molecule has 2 aromatic rings. The standard InChI is InChI=1S/C14H15FIN3O/c1-3-8-18(16)14(20)13-9-17-19(10(13)2)12-6-4-11(15)5-7-12/h4-7,9H,3,8H2,1-2H3. The molecule has 0 aliphatic carbocycles. The Morgan fingerprint density at radius 2 is 2.05 bits per heavy atom. The molecule has 20 heavy (non-hydrogen) atoms. The Bertz CT molecular complexity index is 609. The first kappa shape index (κ1) is 15.0. The SMILES string of the molecule is CCCN(I)C(=O)c1cnn(-c2ccc(F)cc2)c1C. The van der Waals surface area contributed by atoms with Crippen molar-refractivity contribution in [2.24, 2.45) is 0 Å². The molecule has 0 aliphatic heterocycles. The van der Waals surface area contributed by atoms with Crippen LogP contribution in [0.5, 0.6) is 0 Å². The highest BCUT2D eigenvalue weighted by Crippen LogP contribution is 2.18. The van der Waals surface area contributed by atoms with Crippen molar-refractivity contribution in [1.82, 2.24) is 12.9 Å². The van der Waals surface area contributed by atoms with Gasteiger partial charge in [0.25, 0.3) is 5.91 Å². The summed E-state index contributed by atoms with van der Waals surface area (Å²) in [5, 5.41) is 4.22. The van der Waals surface area contributed by atoms with Crippen molar-refractivity contribution in [1.29, 1.82) is 0 Å². The molecule has 0 atom stereocenters. The number of rotatable bonds is 4. The fourth-order valence-corrected chi connectivity index (χ4v) is 2.63. The number of carbonyl (C=O) groups is 1. The molecule has 106 valence electrons. The van der Waals surface area contributed by atoms with Gasteiger partial charge in [-0.15, -0.1) is 0 Å². The summed E-state index contributed by atoms with van der Waals surface area (Å²) >= 11 is 2.01. The molecule has 4 nitrogen and oxygen atoms in total. The zero-order valence-corrected chi connectivity index (χ0v) is 13.5. The van der Waals surface area contributed by atoms with Gasteiger partial charge in [0.1, 0.15) is 5.82 Å². The number of hydrogen-bond acceptors (Lipinski definition) is 2. The first-order chi connectivity index (χ1) is 9.54. The minimum atomic E-state index is -0.295. The summed E-state index contributed by atoms with van der Waals surface area (Å²) in [4.78, 5) is 12.3. The third-order valence-corrected chi connectivity index (χ3v) is 3.87. The van der Waals surface area contributed by atoms with Gasteiger partial charge < -0.3 is 0 Å². The summed E-state index contributed by atoms with van der Waals surface area (Å²) in [6.45, 7) is 4.55. The summed E-state index contributed by atoms with van der Waals surface area (Å²) in [6.07, 6.45) is 2.46. The van der Waals surface area contributed by atoms with Gasteiger partial charge in [-0.3, -0.25) is 7.91 Å². The number of amides is 1. The maximum atomic E-state index is 12.9. The Labute approximate surface area is 131 Å². The largest absolute Gasteiger partial charge is 0.281 e. The fraction of sp³-hybridized carbons (Fsp3) is 0.286. The van der Waals surface area contributed by atoms with Crippen molar-refractivity contribution in [3.05, 3.63) is 47.5 Å². The molecule has 0 spiro atoms. The lowest BCUT2D eigenvalue weighted by molar-refractivity contribution is 0.0888. The summed E-state index contributed by atoms with van der Waals surface area (Å²) in [5.74, 6) is -0.352. The molecule has 2 rings (SSSR count). The van der Waals surface area contributed by atoms with Crippen LogP contribution in [-0.4, -0.2) is 25.3 Å². The molecule has 0 bridgehead atoms. The number of hydrogen-bond donors (Lipinski definition) is 0. The first-order valence-electron chi connectivity index (χ1n) is 6.32. The van der Waals surface area contributed by atoms with Crippen LogP contribution in [0.2, 0.25) is 0 Å². The van der Waals surface area contributed by atoms with Crippen molar-refractivity contribution in [2.45, 2.75) is 20.3 Å². The molecule has 0 aliphatic rings. The Morgan fingerprint density at radius 3 is 2.65 bits per heavy atom. The van der Waals surface area contributed by atoms with Crippen LogP contribution >= 0.6 is 22.9 Å². The van der Waals surface area contributed by atoms with E-state index in [1.54, 1.807) is 26.1 Å². The van der Waals surface area contributed by atoms with Gasteiger partial charge in [-0.05, 0) is 37.6 Å². The second-order valence-electron chi connectivity index (χ2n) is 4.42. The van der Waals surface area contributed by atoms with E-state index in [9.17, 15) is 9.18 Å². The van der Waals surface area contributed by atoms with Gasteiger partial charge in [0.15, 0.2) is 0 Å². The Hall–Kier alpha value is -1.44. The second-order valence-corrected chi connectivity index (χ2v) is 5.59. The molecular formula is C14H15FIN3O. The summed E-state index contributed by atoms with van der Waals surface area (Å²) in [7, 11) is 0. The Kier molecular flexibility index (Phi) is 4.74. The van der Waals surface area contributed by atoms with Crippen molar-refractivity contribution >= 4 is 28.8 Å². The highest BCUT2D eigenvalue weighted by Gasteiger charge is 2.19. The van der Waals surface area contributed by atoms with Crippen LogP contribution in [-0.2, 0) is 0 Å². The average molecular weight is 387 g/mol. The van der Waals surface area contributed by atoms with E-state index in [-0.39, 0.29) is 11.7 Å². The monoisotopic (exact) mass is 387 g/mol. The third kappa shape index (κ3) is 3.00. The predicted molar refractivity (Wildman–Crippen MR) is 83.6 cm³/mol. The van der Waals surface area contributed by atoms with Gasteiger partial charge in [0, 0.05) is 6.54 Å². The van der Waals surface area contributed by atoms with E-state index in [0.717, 1.165) is 17.8 Å². The van der Waals surface area contributed by atoms with Crippen molar-refractivity contribution < 1.29 is 9.18 Å². The normalized spacial score (nSPS) is 10.6. The van der Waals surface area contributed by atoms with Crippen LogP contribution < -0.4 is 0 Å². The highest BCUT2D eigenvalue weighted by atomic mass is 127. The van der Waals surface area contributed by atoms with E-state index in [1.807, 2.05) is 36.7 Å². The zero-order chi connectivity index (χ0) is 14.7. The molecular weight excluding hydrogens is 372 g/mol. The molecule has 0 saturated carbocycles. The molecule has 0 saturated heterocycles. The maximum absolute atomic E-state index is 12.9. The minimum absolute atomic E-state index is 0.0571. The Morgan fingerprint density at radius 1 is 1.40 bits per heavy atom. The Balaban J connectivity index is 2.31. The zero-order valence-electron chi connectivity index (χ0n) is 11.3. The maximum Gasteiger partial charge on any atom is 0.265 e. The molecule has 0 fully saturated rings. The van der Waals surface area contributed by atoms with Crippen LogP contribution in [0.3, 0.4) is 0 Å². The van der Waals surface area contributed by atoms with Crippen LogP contribution in [0.1, 0.15) is 29.4 Å². The first-order valence-corrected chi connectivity index (χ1v) is 7.29. The molecule has 1 aromatic heterocycles. The average Bonchev–Trinajstić information content (AvgIpc) is 2.81. The van der Waals surface area contributed by atoms with Gasteiger partial charge in [-0.1, -0.05) is 6.92 Å². The lowest BCUT2D eigenvalue weighted by Gasteiger charge is -2.13. The number of benzene rings is 1. The van der Waals surface area contributed by atoms with Crippen LogP contribution in [0.25, 0.3) is 5.69 Å². The second kappa shape index (κ2) is 6.34. The topological polar surface area (TPSA) is 38.1 Å². The number of carbonyl (C=O) groups excluding carboxylic acids is 1. The van der Waals surface area contributed by atoms with E-state index in [2.05, 4.69) is 5.10 Å². The molecule has 0 radical (unpaired) electrons.